The largest absolute Gasteiger partial charge is 0.465 e. The van der Waals surface area contributed by atoms with Crippen molar-refractivity contribution < 1.29 is 23.9 Å². The third kappa shape index (κ3) is 5.77. The Morgan fingerprint density at radius 1 is 1.15 bits per heavy atom. The zero-order valence-electron chi connectivity index (χ0n) is 16.2. The second-order valence-electron chi connectivity index (χ2n) is 6.56. The Balaban J connectivity index is 2.03. The molecule has 1 amide bonds. The average molecular weight is 397 g/mol. The number of amides is 1. The highest BCUT2D eigenvalue weighted by molar-refractivity contribution is 7.18. The molecule has 1 heterocycles. The number of hydrogen-bond acceptors (Lipinski definition) is 7. The van der Waals surface area contributed by atoms with Crippen LogP contribution in [-0.4, -0.2) is 44.1 Å². The Hall–Kier alpha value is -1.93. The molecule has 2 N–H and O–H groups in total. The molecular formula is C19H28N2O5S. The average Bonchev–Trinajstić information content (AvgIpc) is 2.98. The van der Waals surface area contributed by atoms with Gasteiger partial charge in [-0.1, -0.05) is 19.3 Å². The van der Waals surface area contributed by atoms with Crippen molar-refractivity contribution in [3.63, 3.8) is 0 Å². The second-order valence-corrected chi connectivity index (χ2v) is 7.58. The number of methoxy groups -OCH3 is 1. The zero-order chi connectivity index (χ0) is 19.8. The van der Waals surface area contributed by atoms with Gasteiger partial charge in [-0.25, -0.2) is 9.59 Å². The topological polar surface area (TPSA) is 93.7 Å². The highest BCUT2D eigenvalue weighted by atomic mass is 32.1. The SMILES string of the molecule is CCOC(=O)c1c(NC(=O)CCNC2CCCCC2)sc(C(=O)OC)c1C. The first-order valence-corrected chi connectivity index (χ1v) is 10.2. The first kappa shape index (κ1) is 21.4. The van der Waals surface area contributed by atoms with E-state index in [4.69, 9.17) is 9.47 Å². The van der Waals surface area contributed by atoms with E-state index in [0.29, 0.717) is 29.6 Å². The van der Waals surface area contributed by atoms with Crippen LogP contribution in [-0.2, 0) is 14.3 Å². The van der Waals surface area contributed by atoms with E-state index in [0.717, 1.165) is 24.2 Å². The second kappa shape index (κ2) is 10.4. The summed E-state index contributed by atoms with van der Waals surface area (Å²) in [4.78, 5) is 36.8. The van der Waals surface area contributed by atoms with E-state index in [-0.39, 0.29) is 23.0 Å². The molecule has 7 nitrogen and oxygen atoms in total. The summed E-state index contributed by atoms with van der Waals surface area (Å²) in [6.45, 7) is 4.14. The molecule has 1 aliphatic carbocycles. The molecule has 0 radical (unpaired) electrons. The van der Waals surface area contributed by atoms with Gasteiger partial charge in [-0.2, -0.15) is 0 Å². The van der Waals surface area contributed by atoms with Crippen molar-refractivity contribution in [2.24, 2.45) is 0 Å². The number of nitrogens with one attached hydrogen (secondary N) is 2. The molecule has 0 aliphatic heterocycles. The molecular weight excluding hydrogens is 368 g/mol. The minimum absolute atomic E-state index is 0.207. The summed E-state index contributed by atoms with van der Waals surface area (Å²) in [5.74, 6) is -1.30. The molecule has 1 aliphatic rings. The van der Waals surface area contributed by atoms with E-state index in [1.807, 2.05) is 0 Å². The highest BCUT2D eigenvalue weighted by Crippen LogP contribution is 2.34. The normalized spacial score (nSPS) is 14.6. The molecule has 8 heteroatoms. The fraction of sp³-hybridized carbons (Fsp3) is 0.632. The summed E-state index contributed by atoms with van der Waals surface area (Å²) in [6, 6.07) is 0.483. The zero-order valence-corrected chi connectivity index (χ0v) is 17.0. The van der Waals surface area contributed by atoms with Crippen LogP contribution in [0.2, 0.25) is 0 Å². The maximum Gasteiger partial charge on any atom is 0.348 e. The standard InChI is InChI=1S/C19H28N2O5S/c1-4-26-18(23)15-12(2)16(19(24)25-3)27-17(15)21-14(22)10-11-20-13-8-6-5-7-9-13/h13,20H,4-11H2,1-3H3,(H,21,22). The summed E-state index contributed by atoms with van der Waals surface area (Å²) < 4.78 is 9.83. The first-order valence-electron chi connectivity index (χ1n) is 9.40. The molecule has 0 spiro atoms. The summed E-state index contributed by atoms with van der Waals surface area (Å²) in [5, 5.41) is 6.50. The quantitative estimate of drug-likeness (QED) is 0.655. The third-order valence-electron chi connectivity index (χ3n) is 4.64. The van der Waals surface area contributed by atoms with Crippen LogP contribution in [0.5, 0.6) is 0 Å². The Bertz CT molecular complexity index is 680. The molecule has 1 aromatic rings. The van der Waals surface area contributed by atoms with Crippen molar-refractivity contribution in [3.05, 3.63) is 16.0 Å². The van der Waals surface area contributed by atoms with Crippen LogP contribution in [0.1, 0.15) is 71.0 Å². The smallest absolute Gasteiger partial charge is 0.348 e. The molecule has 1 fully saturated rings. The fourth-order valence-electron chi connectivity index (χ4n) is 3.22. The van der Waals surface area contributed by atoms with Gasteiger partial charge in [0.1, 0.15) is 9.88 Å². The van der Waals surface area contributed by atoms with Crippen molar-refractivity contribution in [2.45, 2.75) is 58.4 Å². The number of esters is 2. The number of carbonyl (C=O) groups excluding carboxylic acids is 3. The lowest BCUT2D eigenvalue weighted by Crippen LogP contribution is -2.33. The summed E-state index contributed by atoms with van der Waals surface area (Å²) in [7, 11) is 1.28. The molecule has 0 saturated heterocycles. The van der Waals surface area contributed by atoms with Crippen molar-refractivity contribution >= 4 is 34.2 Å². The third-order valence-corrected chi connectivity index (χ3v) is 5.83. The number of hydrogen-bond donors (Lipinski definition) is 2. The van der Waals surface area contributed by atoms with Crippen molar-refractivity contribution in [2.75, 3.05) is 25.6 Å². The maximum absolute atomic E-state index is 12.3. The molecule has 0 unspecified atom stereocenters. The van der Waals surface area contributed by atoms with Crippen LogP contribution in [0.25, 0.3) is 0 Å². The monoisotopic (exact) mass is 396 g/mol. The predicted molar refractivity (Wildman–Crippen MR) is 104 cm³/mol. The predicted octanol–water partition coefficient (Wildman–Crippen LogP) is 3.27. The van der Waals surface area contributed by atoms with Gasteiger partial charge < -0.3 is 20.1 Å². The van der Waals surface area contributed by atoms with Gasteiger partial charge >= 0.3 is 11.9 Å². The molecule has 27 heavy (non-hydrogen) atoms. The number of anilines is 1. The first-order chi connectivity index (χ1) is 13.0. The van der Waals surface area contributed by atoms with E-state index in [9.17, 15) is 14.4 Å². The number of ether oxygens (including phenoxy) is 2. The molecule has 0 bridgehead atoms. The lowest BCUT2D eigenvalue weighted by Gasteiger charge is -2.22. The Kier molecular flexibility index (Phi) is 8.24. The van der Waals surface area contributed by atoms with E-state index in [1.54, 1.807) is 13.8 Å². The van der Waals surface area contributed by atoms with E-state index in [1.165, 1.54) is 26.4 Å². The molecule has 0 atom stereocenters. The summed E-state index contributed by atoms with van der Waals surface area (Å²) in [6.07, 6.45) is 6.36. The van der Waals surface area contributed by atoms with Gasteiger partial charge in [0.2, 0.25) is 5.91 Å². The van der Waals surface area contributed by atoms with Gasteiger partial charge in [0.15, 0.2) is 0 Å². The van der Waals surface area contributed by atoms with Crippen LogP contribution in [0, 0.1) is 6.92 Å². The molecule has 2 rings (SSSR count). The summed E-state index contributed by atoms with van der Waals surface area (Å²) >= 11 is 1.04. The number of rotatable bonds is 8. The lowest BCUT2D eigenvalue weighted by molar-refractivity contribution is -0.116. The van der Waals surface area contributed by atoms with Crippen LogP contribution < -0.4 is 10.6 Å². The van der Waals surface area contributed by atoms with Gasteiger partial charge in [-0.05, 0) is 32.3 Å². The van der Waals surface area contributed by atoms with E-state index in [2.05, 4.69) is 10.6 Å². The van der Waals surface area contributed by atoms with Crippen molar-refractivity contribution in [3.8, 4) is 0 Å². The van der Waals surface area contributed by atoms with Gasteiger partial charge in [0.25, 0.3) is 0 Å². The Morgan fingerprint density at radius 3 is 2.48 bits per heavy atom. The number of carbonyl (C=O) groups is 3. The highest BCUT2D eigenvalue weighted by Gasteiger charge is 2.27. The maximum atomic E-state index is 12.3. The van der Waals surface area contributed by atoms with Crippen molar-refractivity contribution in [1.82, 2.24) is 5.32 Å². The Labute approximate surface area is 163 Å². The van der Waals surface area contributed by atoms with Gasteiger partial charge in [-0.3, -0.25) is 4.79 Å². The van der Waals surface area contributed by atoms with Gasteiger partial charge in [-0.15, -0.1) is 11.3 Å². The lowest BCUT2D eigenvalue weighted by atomic mass is 9.95. The minimum Gasteiger partial charge on any atom is -0.465 e. The molecule has 150 valence electrons. The summed E-state index contributed by atoms with van der Waals surface area (Å²) in [5.41, 5.74) is 0.678. The van der Waals surface area contributed by atoms with E-state index >= 15 is 0 Å². The van der Waals surface area contributed by atoms with Crippen molar-refractivity contribution in [1.29, 1.82) is 0 Å². The Morgan fingerprint density at radius 2 is 1.85 bits per heavy atom. The minimum atomic E-state index is -0.558. The number of thiophene rings is 1. The fourth-order valence-corrected chi connectivity index (χ4v) is 4.35. The van der Waals surface area contributed by atoms with Crippen LogP contribution in [0.15, 0.2) is 0 Å². The molecule has 0 aromatic carbocycles. The van der Waals surface area contributed by atoms with E-state index < -0.39 is 11.9 Å². The van der Waals surface area contributed by atoms with Gasteiger partial charge in [0.05, 0.1) is 19.3 Å². The van der Waals surface area contributed by atoms with Crippen LogP contribution in [0.4, 0.5) is 5.00 Å². The van der Waals surface area contributed by atoms with Crippen LogP contribution in [0.3, 0.4) is 0 Å². The van der Waals surface area contributed by atoms with Gasteiger partial charge in [0, 0.05) is 19.0 Å². The molecule has 1 saturated carbocycles. The van der Waals surface area contributed by atoms with Crippen LogP contribution >= 0.6 is 11.3 Å². The molecule has 1 aromatic heterocycles.